The minimum absolute atomic E-state index is 0.101. The predicted octanol–water partition coefficient (Wildman–Crippen LogP) is 3.36. The molecule has 37 heavy (non-hydrogen) atoms. The van der Waals surface area contributed by atoms with Crippen LogP contribution in [0.15, 0.2) is 78.3 Å². The molecule has 3 rings (SSSR count). The Labute approximate surface area is 215 Å². The van der Waals surface area contributed by atoms with Crippen molar-refractivity contribution in [2.45, 2.75) is 51.4 Å². The smallest absolute Gasteiger partial charge is 0.342 e. The summed E-state index contributed by atoms with van der Waals surface area (Å²) in [5.74, 6) is -1.17. The van der Waals surface area contributed by atoms with Crippen molar-refractivity contribution in [1.29, 1.82) is 0 Å². The lowest BCUT2D eigenvalue weighted by Crippen LogP contribution is -2.27. The van der Waals surface area contributed by atoms with Gasteiger partial charge in [-0.05, 0) is 61.8 Å². The van der Waals surface area contributed by atoms with Crippen molar-refractivity contribution in [3.05, 3.63) is 89.4 Å². The lowest BCUT2D eigenvalue weighted by molar-refractivity contribution is -0.462. The van der Waals surface area contributed by atoms with E-state index in [0.29, 0.717) is 28.6 Å². The summed E-state index contributed by atoms with van der Waals surface area (Å²) in [7, 11) is 1.32. The van der Waals surface area contributed by atoms with Gasteiger partial charge in [0.2, 0.25) is 0 Å². The first-order valence-corrected chi connectivity index (χ1v) is 11.8. The molecule has 1 aromatic rings. The maximum atomic E-state index is 13.5. The minimum atomic E-state index is -0.896. The highest BCUT2D eigenvalue weighted by Crippen LogP contribution is 2.27. The van der Waals surface area contributed by atoms with E-state index in [-0.39, 0.29) is 24.2 Å². The minimum Gasteiger partial charge on any atom is -0.458 e. The molecule has 0 radical (unpaired) electrons. The van der Waals surface area contributed by atoms with Crippen molar-refractivity contribution in [2.75, 3.05) is 7.11 Å². The second kappa shape index (κ2) is 13.4. The first kappa shape index (κ1) is 27.7. The maximum absolute atomic E-state index is 13.5. The van der Waals surface area contributed by atoms with E-state index in [1.165, 1.54) is 19.4 Å². The number of nitrogens with two attached hydrogens (primary N) is 1. The van der Waals surface area contributed by atoms with E-state index < -0.39 is 30.3 Å². The van der Waals surface area contributed by atoms with Crippen LogP contribution in [0.3, 0.4) is 0 Å². The molecule has 0 amide bonds. The zero-order valence-corrected chi connectivity index (χ0v) is 21.0. The van der Waals surface area contributed by atoms with Crippen molar-refractivity contribution in [2.24, 2.45) is 5.73 Å². The van der Waals surface area contributed by atoms with Gasteiger partial charge in [-0.15, -0.1) is 0 Å². The molecule has 0 saturated carbocycles. The molecule has 3 N–H and O–H groups in total. The standard InChI is InChI=1S/C27H32N2O8/c1-18-12-14-20-7-4-11-24-26(20)27(32)36-22(17-25(31)35-19(2)13-15-23(18)30)10-5-8-21(28)9-6-16-34-29(33-3)37-24/h4-9,11-13,15-16,19,22-23,30H,10,14,17,28H2,1-3H3/b8-5+,15-13+,16-6+,18-12-,21-9-. The Bertz CT molecular complexity index is 1120. The first-order chi connectivity index (χ1) is 17.8. The molecule has 0 saturated heterocycles. The van der Waals surface area contributed by atoms with E-state index in [4.69, 9.17) is 29.7 Å². The van der Waals surface area contributed by atoms with Crippen molar-refractivity contribution < 1.29 is 38.7 Å². The van der Waals surface area contributed by atoms with E-state index in [2.05, 4.69) is 0 Å². The van der Waals surface area contributed by atoms with Gasteiger partial charge in [-0.25, -0.2) is 9.63 Å². The number of carbonyl (C=O) groups excluding carboxylic acids is 2. The third-order valence-corrected chi connectivity index (χ3v) is 5.52. The zero-order valence-electron chi connectivity index (χ0n) is 21.0. The largest absolute Gasteiger partial charge is 0.458 e. The molecule has 2 bridgehead atoms. The highest BCUT2D eigenvalue weighted by atomic mass is 17.2. The number of esters is 2. The molecule has 10 heteroatoms. The molecule has 0 aromatic heterocycles. The van der Waals surface area contributed by atoms with Gasteiger partial charge in [0.05, 0.1) is 19.6 Å². The van der Waals surface area contributed by atoms with Crippen molar-refractivity contribution in [3.8, 4) is 5.75 Å². The Morgan fingerprint density at radius 1 is 1.19 bits per heavy atom. The lowest BCUT2D eigenvalue weighted by atomic mass is 10.0. The molecule has 2 heterocycles. The van der Waals surface area contributed by atoms with Crippen LogP contribution in [0.4, 0.5) is 0 Å². The van der Waals surface area contributed by atoms with Gasteiger partial charge in [0.15, 0.2) is 11.1 Å². The molecule has 0 fully saturated rings. The molecule has 2 aliphatic heterocycles. The average molecular weight is 513 g/mol. The summed E-state index contributed by atoms with van der Waals surface area (Å²) >= 11 is 0. The molecule has 1 aromatic carbocycles. The fourth-order valence-electron chi connectivity index (χ4n) is 3.55. The number of hydrogen-bond donors (Lipinski definition) is 2. The molecular formula is C27H32N2O8. The number of allylic oxidation sites excluding steroid dienone is 4. The summed E-state index contributed by atoms with van der Waals surface area (Å²) in [5, 5.41) is 11.2. The van der Waals surface area contributed by atoms with E-state index >= 15 is 0 Å². The van der Waals surface area contributed by atoms with Crippen LogP contribution in [-0.2, 0) is 30.4 Å². The first-order valence-electron chi connectivity index (χ1n) is 11.8. The number of benzene rings is 1. The molecule has 3 atom stereocenters. The Morgan fingerprint density at radius 3 is 2.78 bits per heavy atom. The fraction of sp³-hybridized carbons (Fsp3) is 0.333. The van der Waals surface area contributed by atoms with Crippen molar-refractivity contribution >= 4 is 11.9 Å². The van der Waals surface area contributed by atoms with Gasteiger partial charge >= 0.3 is 11.9 Å². The molecule has 2 aliphatic rings. The normalized spacial score (nSPS) is 29.6. The zero-order chi connectivity index (χ0) is 26.8. The third-order valence-electron chi connectivity index (χ3n) is 5.52. The number of aliphatic hydroxyl groups excluding tert-OH is 1. The topological polar surface area (TPSA) is 130 Å². The second-order valence-electron chi connectivity index (χ2n) is 8.43. The molecule has 198 valence electrons. The van der Waals surface area contributed by atoms with Crippen LogP contribution in [0.5, 0.6) is 5.75 Å². The lowest BCUT2D eigenvalue weighted by Gasteiger charge is -2.21. The number of hydrogen-bond acceptors (Lipinski definition) is 10. The number of aliphatic hydroxyl groups is 1. The average Bonchev–Trinajstić information content (AvgIpc) is 2.86. The Kier molecular flexibility index (Phi) is 10.1. The van der Waals surface area contributed by atoms with Crippen LogP contribution in [0.2, 0.25) is 0 Å². The van der Waals surface area contributed by atoms with Crippen molar-refractivity contribution in [1.82, 2.24) is 5.39 Å². The second-order valence-corrected chi connectivity index (χ2v) is 8.43. The van der Waals surface area contributed by atoms with Crippen LogP contribution in [0.25, 0.3) is 0 Å². The summed E-state index contributed by atoms with van der Waals surface area (Å²) in [5.41, 5.74) is 7.70. The van der Waals surface area contributed by atoms with Gasteiger partial charge in [-0.1, -0.05) is 30.4 Å². The van der Waals surface area contributed by atoms with E-state index in [1.54, 1.807) is 68.5 Å². The molecular weight excluding hydrogens is 480 g/mol. The van der Waals surface area contributed by atoms with Gasteiger partial charge in [-0.2, -0.15) is 0 Å². The van der Waals surface area contributed by atoms with Crippen molar-refractivity contribution in [3.63, 3.8) is 0 Å². The van der Waals surface area contributed by atoms with Gasteiger partial charge in [0, 0.05) is 12.1 Å². The monoisotopic (exact) mass is 512 g/mol. The highest BCUT2D eigenvalue weighted by Gasteiger charge is 2.26. The van der Waals surface area contributed by atoms with Crippen LogP contribution in [-0.4, -0.2) is 47.9 Å². The summed E-state index contributed by atoms with van der Waals surface area (Å²) < 4.78 is 11.2. The van der Waals surface area contributed by atoms with Crippen LogP contribution >= 0.6 is 0 Å². The number of ether oxygens (including phenoxy) is 2. The van der Waals surface area contributed by atoms with Crippen LogP contribution in [0.1, 0.15) is 42.6 Å². The Morgan fingerprint density at radius 2 is 2.00 bits per heavy atom. The molecule has 10 nitrogen and oxygen atoms in total. The van der Waals surface area contributed by atoms with Gasteiger partial charge in [0.1, 0.15) is 24.0 Å². The van der Waals surface area contributed by atoms with E-state index in [9.17, 15) is 14.7 Å². The summed E-state index contributed by atoms with van der Waals surface area (Å²) in [4.78, 5) is 42.3. The highest BCUT2D eigenvalue weighted by molar-refractivity contribution is 5.94. The Hall–Kier alpha value is -3.86. The van der Waals surface area contributed by atoms with Crippen LogP contribution < -0.4 is 10.6 Å². The summed E-state index contributed by atoms with van der Waals surface area (Å²) in [6, 6.07) is 5.01. The Balaban J connectivity index is 2.11. The number of nitrogens with zero attached hydrogens (tertiary/aromatic N) is 1. The number of rotatable bonds is 1. The van der Waals surface area contributed by atoms with E-state index in [0.717, 1.165) is 0 Å². The third kappa shape index (κ3) is 8.35. The fourth-order valence-corrected chi connectivity index (χ4v) is 3.55. The predicted molar refractivity (Wildman–Crippen MR) is 134 cm³/mol. The van der Waals surface area contributed by atoms with Gasteiger partial charge in [0.25, 0.3) is 0 Å². The summed E-state index contributed by atoms with van der Waals surface area (Å²) in [6.07, 6.45) is 10.7. The van der Waals surface area contributed by atoms with Crippen LogP contribution in [0, 0.1) is 0 Å². The maximum Gasteiger partial charge on any atom is 0.342 e. The molecule has 0 aliphatic carbocycles. The number of cyclic esters (lactones) is 1. The van der Waals surface area contributed by atoms with Gasteiger partial charge < -0.3 is 30.0 Å². The number of carbonyl (C=O) groups is 2. The summed E-state index contributed by atoms with van der Waals surface area (Å²) in [6.45, 7) is 3.45. The molecule has 0 spiro atoms. The van der Waals surface area contributed by atoms with E-state index in [1.807, 2.05) is 0 Å². The SMILES string of the molecule is CON1O/C=C/C=C(N)/C=C/CC2CC(=O)OC(C)/C=C/C(O)/C(C)=C\Cc3cccc(c3C(=O)O2)O1. The number of fused-ring (bicyclic) bond motifs is 2. The molecule has 3 unspecified atom stereocenters. The van der Waals surface area contributed by atoms with Gasteiger partial charge in [-0.3, -0.25) is 4.79 Å². The quantitative estimate of drug-likeness (QED) is 0.427.